The lowest BCUT2D eigenvalue weighted by atomic mass is 10.1. The summed E-state index contributed by atoms with van der Waals surface area (Å²) >= 11 is 0. The monoisotopic (exact) mass is 295 g/mol. The van der Waals surface area contributed by atoms with Crippen molar-refractivity contribution in [2.24, 2.45) is 0 Å². The van der Waals surface area contributed by atoms with Gasteiger partial charge in [0.2, 0.25) is 5.89 Å². The molecule has 2 rings (SSSR count). The van der Waals surface area contributed by atoms with Crippen molar-refractivity contribution >= 4 is 6.01 Å². The molecule has 0 aromatic carbocycles. The number of nitrogens with one attached hydrogen (secondary N) is 2. The largest absolute Gasteiger partial charge is 0.407 e. The van der Waals surface area contributed by atoms with Gasteiger partial charge in [0.05, 0.1) is 24.9 Å². The Morgan fingerprint density at radius 2 is 2.10 bits per heavy atom. The first-order valence-corrected chi connectivity index (χ1v) is 6.83. The van der Waals surface area contributed by atoms with Crippen LogP contribution in [0.4, 0.5) is 6.01 Å². The molecule has 0 aliphatic carbocycles. The minimum Gasteiger partial charge on any atom is -0.407 e. The standard InChI is InChI=1S/C13H21N5O3/c1-8(12-9(2)18-21-10(12)3)15-13-17-16-11(20-13)7-14-5-6-19-4/h8,14H,5-7H2,1-4H3,(H,15,17). The van der Waals surface area contributed by atoms with Crippen LogP contribution in [0.5, 0.6) is 0 Å². The van der Waals surface area contributed by atoms with Gasteiger partial charge in [0.15, 0.2) is 0 Å². The molecule has 8 nitrogen and oxygen atoms in total. The van der Waals surface area contributed by atoms with Crippen molar-refractivity contribution < 1.29 is 13.7 Å². The third-order valence-corrected chi connectivity index (χ3v) is 3.09. The second-order valence-corrected chi connectivity index (χ2v) is 4.77. The Labute approximate surface area is 123 Å². The normalized spacial score (nSPS) is 12.6. The third-order valence-electron chi connectivity index (χ3n) is 3.09. The lowest BCUT2D eigenvalue weighted by Gasteiger charge is -2.10. The van der Waals surface area contributed by atoms with Gasteiger partial charge in [-0.3, -0.25) is 0 Å². The minimum atomic E-state index is -0.0222. The summed E-state index contributed by atoms with van der Waals surface area (Å²) in [6, 6.07) is 0.358. The number of hydrogen-bond acceptors (Lipinski definition) is 8. The fourth-order valence-electron chi connectivity index (χ4n) is 2.12. The van der Waals surface area contributed by atoms with Crippen LogP contribution in [0.25, 0.3) is 0 Å². The van der Waals surface area contributed by atoms with Gasteiger partial charge in [0.1, 0.15) is 5.76 Å². The molecule has 21 heavy (non-hydrogen) atoms. The number of rotatable bonds is 8. The fourth-order valence-corrected chi connectivity index (χ4v) is 2.12. The molecule has 0 aliphatic rings. The van der Waals surface area contributed by atoms with E-state index in [1.807, 2.05) is 20.8 Å². The highest BCUT2D eigenvalue weighted by Gasteiger charge is 2.18. The number of aromatic nitrogens is 3. The van der Waals surface area contributed by atoms with E-state index in [1.54, 1.807) is 7.11 Å². The molecular formula is C13H21N5O3. The predicted molar refractivity (Wildman–Crippen MR) is 75.9 cm³/mol. The maximum Gasteiger partial charge on any atom is 0.315 e. The number of ether oxygens (including phenoxy) is 1. The molecule has 0 amide bonds. The van der Waals surface area contributed by atoms with E-state index in [1.165, 1.54) is 0 Å². The highest BCUT2D eigenvalue weighted by Crippen LogP contribution is 2.24. The van der Waals surface area contributed by atoms with Crippen LogP contribution < -0.4 is 10.6 Å². The van der Waals surface area contributed by atoms with Gasteiger partial charge >= 0.3 is 6.01 Å². The van der Waals surface area contributed by atoms with E-state index >= 15 is 0 Å². The molecule has 116 valence electrons. The summed E-state index contributed by atoms with van der Waals surface area (Å²) in [7, 11) is 1.66. The Hall–Kier alpha value is -1.93. The van der Waals surface area contributed by atoms with E-state index in [9.17, 15) is 0 Å². The average Bonchev–Trinajstić information content (AvgIpc) is 3.02. The molecule has 1 atom stereocenters. The summed E-state index contributed by atoms with van der Waals surface area (Å²) in [4.78, 5) is 0. The van der Waals surface area contributed by atoms with Crippen LogP contribution in [0.1, 0.15) is 35.9 Å². The van der Waals surface area contributed by atoms with Crippen LogP contribution >= 0.6 is 0 Å². The van der Waals surface area contributed by atoms with Crippen LogP contribution in [0.2, 0.25) is 0 Å². The lowest BCUT2D eigenvalue weighted by molar-refractivity contribution is 0.198. The molecule has 0 spiro atoms. The molecule has 0 saturated carbocycles. The predicted octanol–water partition coefficient (Wildman–Crippen LogP) is 1.58. The lowest BCUT2D eigenvalue weighted by Crippen LogP contribution is -2.18. The first kappa shape index (κ1) is 15.5. The van der Waals surface area contributed by atoms with Gasteiger partial charge in [-0.1, -0.05) is 10.3 Å². The van der Waals surface area contributed by atoms with Gasteiger partial charge < -0.3 is 24.3 Å². The summed E-state index contributed by atoms with van der Waals surface area (Å²) in [5.74, 6) is 1.31. The molecule has 0 aliphatic heterocycles. The van der Waals surface area contributed by atoms with Crippen LogP contribution in [-0.4, -0.2) is 35.6 Å². The number of aryl methyl sites for hydroxylation is 2. The molecule has 0 saturated heterocycles. The third kappa shape index (κ3) is 4.02. The van der Waals surface area contributed by atoms with Crippen molar-refractivity contribution in [3.05, 3.63) is 22.9 Å². The second kappa shape index (κ2) is 7.19. The molecule has 2 heterocycles. The minimum absolute atomic E-state index is 0.0222. The Morgan fingerprint density at radius 1 is 1.29 bits per heavy atom. The van der Waals surface area contributed by atoms with Gasteiger partial charge in [-0.25, -0.2) is 0 Å². The van der Waals surface area contributed by atoms with E-state index in [2.05, 4.69) is 26.0 Å². The maximum atomic E-state index is 5.52. The smallest absolute Gasteiger partial charge is 0.315 e. The Balaban J connectivity index is 1.90. The molecule has 0 bridgehead atoms. The van der Waals surface area contributed by atoms with Crippen molar-refractivity contribution in [2.75, 3.05) is 25.6 Å². The molecule has 2 N–H and O–H groups in total. The molecule has 0 fully saturated rings. The zero-order chi connectivity index (χ0) is 15.2. The van der Waals surface area contributed by atoms with E-state index in [-0.39, 0.29) is 6.04 Å². The SMILES string of the molecule is COCCNCc1nnc(NC(C)c2c(C)noc2C)o1. The number of methoxy groups -OCH3 is 1. The first-order chi connectivity index (χ1) is 10.1. The summed E-state index contributed by atoms with van der Waals surface area (Å²) in [5, 5.41) is 18.2. The van der Waals surface area contributed by atoms with Crippen LogP contribution in [0.15, 0.2) is 8.94 Å². The molecule has 2 aromatic rings. The van der Waals surface area contributed by atoms with E-state index in [0.29, 0.717) is 25.1 Å². The highest BCUT2D eigenvalue weighted by atomic mass is 16.5. The van der Waals surface area contributed by atoms with Crippen molar-refractivity contribution in [1.29, 1.82) is 0 Å². The quantitative estimate of drug-likeness (QED) is 0.708. The van der Waals surface area contributed by atoms with E-state index in [0.717, 1.165) is 23.6 Å². The number of nitrogens with zero attached hydrogens (tertiary/aromatic N) is 3. The summed E-state index contributed by atoms with van der Waals surface area (Å²) in [6.45, 7) is 7.67. The highest BCUT2D eigenvalue weighted by molar-refractivity contribution is 5.32. The molecule has 2 aromatic heterocycles. The van der Waals surface area contributed by atoms with Gasteiger partial charge in [-0.2, -0.15) is 0 Å². The Bertz CT molecular complexity index is 546. The van der Waals surface area contributed by atoms with Crippen LogP contribution in [0, 0.1) is 13.8 Å². The summed E-state index contributed by atoms with van der Waals surface area (Å²) in [6.07, 6.45) is 0. The van der Waals surface area contributed by atoms with Crippen LogP contribution in [0.3, 0.4) is 0 Å². The molecular weight excluding hydrogens is 274 g/mol. The summed E-state index contributed by atoms with van der Waals surface area (Å²) in [5.41, 5.74) is 1.86. The van der Waals surface area contributed by atoms with Crippen molar-refractivity contribution in [3.63, 3.8) is 0 Å². The second-order valence-electron chi connectivity index (χ2n) is 4.77. The van der Waals surface area contributed by atoms with Gasteiger partial charge in [-0.05, 0) is 20.8 Å². The first-order valence-electron chi connectivity index (χ1n) is 6.83. The fraction of sp³-hybridized carbons (Fsp3) is 0.615. The van der Waals surface area contributed by atoms with Crippen molar-refractivity contribution in [2.45, 2.75) is 33.4 Å². The summed E-state index contributed by atoms with van der Waals surface area (Å²) < 4.78 is 15.6. The van der Waals surface area contributed by atoms with Crippen molar-refractivity contribution in [3.8, 4) is 0 Å². The van der Waals surface area contributed by atoms with Gasteiger partial charge in [0, 0.05) is 19.2 Å². The maximum absolute atomic E-state index is 5.52. The van der Waals surface area contributed by atoms with Crippen molar-refractivity contribution in [1.82, 2.24) is 20.7 Å². The molecule has 8 heteroatoms. The zero-order valence-corrected chi connectivity index (χ0v) is 12.8. The zero-order valence-electron chi connectivity index (χ0n) is 12.8. The van der Waals surface area contributed by atoms with Gasteiger partial charge in [-0.15, -0.1) is 5.10 Å². The number of anilines is 1. The van der Waals surface area contributed by atoms with E-state index in [4.69, 9.17) is 13.7 Å². The van der Waals surface area contributed by atoms with Crippen LogP contribution in [-0.2, 0) is 11.3 Å². The number of hydrogen-bond donors (Lipinski definition) is 2. The van der Waals surface area contributed by atoms with E-state index < -0.39 is 0 Å². The Kier molecular flexibility index (Phi) is 5.29. The Morgan fingerprint density at radius 3 is 2.76 bits per heavy atom. The van der Waals surface area contributed by atoms with Gasteiger partial charge in [0.25, 0.3) is 0 Å². The molecule has 0 radical (unpaired) electrons. The topological polar surface area (TPSA) is 98.2 Å². The molecule has 1 unspecified atom stereocenters. The average molecular weight is 295 g/mol.